The third-order valence-corrected chi connectivity index (χ3v) is 6.11. The molecule has 19 heavy (non-hydrogen) atoms. The van der Waals surface area contributed by atoms with Gasteiger partial charge in [-0.2, -0.15) is 0 Å². The monoisotopic (exact) mass is 260 g/mol. The number of aromatic nitrogens is 1. The van der Waals surface area contributed by atoms with Gasteiger partial charge in [0.1, 0.15) is 0 Å². The summed E-state index contributed by atoms with van der Waals surface area (Å²) >= 11 is 0. The smallest absolute Gasteiger partial charge is 0.225 e. The second kappa shape index (κ2) is 4.00. The normalized spacial score (nSPS) is 39.9. The van der Waals surface area contributed by atoms with E-state index in [1.807, 2.05) is 6.92 Å². The molecule has 4 aliphatic rings. The van der Waals surface area contributed by atoms with Gasteiger partial charge >= 0.3 is 0 Å². The zero-order chi connectivity index (χ0) is 13.0. The number of anilines is 1. The van der Waals surface area contributed by atoms with Gasteiger partial charge in [-0.25, -0.2) is 0 Å². The quantitative estimate of drug-likeness (QED) is 0.901. The van der Waals surface area contributed by atoms with Gasteiger partial charge in [-0.15, -0.1) is 0 Å². The van der Waals surface area contributed by atoms with Gasteiger partial charge in [-0.3, -0.25) is 0 Å². The second-order valence-electron chi connectivity index (χ2n) is 7.54. The van der Waals surface area contributed by atoms with Crippen LogP contribution in [-0.2, 0) is 6.42 Å². The maximum Gasteiger partial charge on any atom is 0.225 e. The van der Waals surface area contributed by atoms with E-state index in [4.69, 9.17) is 10.3 Å². The van der Waals surface area contributed by atoms with Crippen molar-refractivity contribution in [1.82, 2.24) is 5.16 Å². The summed E-state index contributed by atoms with van der Waals surface area (Å²) < 4.78 is 5.09. The van der Waals surface area contributed by atoms with Crippen molar-refractivity contribution in [3.05, 3.63) is 11.3 Å². The van der Waals surface area contributed by atoms with Crippen molar-refractivity contribution in [3.8, 4) is 0 Å². The van der Waals surface area contributed by atoms with E-state index in [-0.39, 0.29) is 0 Å². The number of nitrogen functional groups attached to an aromatic ring is 1. The fourth-order valence-corrected chi connectivity index (χ4v) is 5.60. The summed E-state index contributed by atoms with van der Waals surface area (Å²) in [5.74, 6) is 3.61. The highest BCUT2D eigenvalue weighted by molar-refractivity contribution is 5.37. The van der Waals surface area contributed by atoms with Crippen LogP contribution in [-0.4, -0.2) is 5.16 Å². The molecule has 1 aromatic heterocycles. The Hall–Kier alpha value is -0.990. The van der Waals surface area contributed by atoms with Crippen molar-refractivity contribution in [2.75, 3.05) is 5.73 Å². The molecular formula is C16H24N2O. The summed E-state index contributed by atoms with van der Waals surface area (Å²) in [5.41, 5.74) is 8.53. The molecule has 3 nitrogen and oxygen atoms in total. The molecule has 1 heterocycles. The minimum Gasteiger partial charge on any atom is -0.367 e. The average molecular weight is 260 g/mol. The molecule has 4 saturated carbocycles. The lowest BCUT2D eigenvalue weighted by atomic mass is 9.48. The second-order valence-corrected chi connectivity index (χ2v) is 7.54. The Morgan fingerprint density at radius 1 is 1.16 bits per heavy atom. The SMILES string of the molecule is Cc1c(CCC23CC4CC(CC(C4)C2)C3)noc1N. The molecule has 104 valence electrons. The van der Waals surface area contributed by atoms with Crippen molar-refractivity contribution in [3.63, 3.8) is 0 Å². The number of hydrogen-bond acceptors (Lipinski definition) is 3. The van der Waals surface area contributed by atoms with Gasteiger partial charge in [0.05, 0.1) is 5.69 Å². The Morgan fingerprint density at radius 3 is 2.21 bits per heavy atom. The van der Waals surface area contributed by atoms with Crippen LogP contribution < -0.4 is 5.73 Å². The highest BCUT2D eigenvalue weighted by atomic mass is 16.5. The lowest BCUT2D eigenvalue weighted by Gasteiger charge is -2.57. The Balaban J connectivity index is 1.49. The van der Waals surface area contributed by atoms with Gasteiger partial charge in [0, 0.05) is 5.56 Å². The van der Waals surface area contributed by atoms with E-state index in [1.165, 1.54) is 44.9 Å². The fraction of sp³-hybridized carbons (Fsp3) is 0.812. The summed E-state index contributed by atoms with van der Waals surface area (Å²) in [6.07, 6.45) is 11.4. The molecule has 0 atom stereocenters. The summed E-state index contributed by atoms with van der Waals surface area (Å²) in [7, 11) is 0. The summed E-state index contributed by atoms with van der Waals surface area (Å²) in [6, 6.07) is 0. The molecule has 4 fully saturated rings. The maximum absolute atomic E-state index is 5.75. The summed E-state index contributed by atoms with van der Waals surface area (Å²) in [6.45, 7) is 2.03. The lowest BCUT2D eigenvalue weighted by molar-refractivity contribution is -0.0571. The molecule has 5 rings (SSSR count). The van der Waals surface area contributed by atoms with Crippen LogP contribution in [0.5, 0.6) is 0 Å². The van der Waals surface area contributed by atoms with Crippen LogP contribution in [0.1, 0.15) is 56.2 Å². The first-order chi connectivity index (χ1) is 9.13. The first kappa shape index (κ1) is 11.8. The first-order valence-electron chi connectivity index (χ1n) is 7.84. The van der Waals surface area contributed by atoms with Gasteiger partial charge < -0.3 is 10.3 Å². The van der Waals surface area contributed by atoms with Gasteiger partial charge in [-0.1, -0.05) is 5.16 Å². The Labute approximate surface area is 114 Å². The van der Waals surface area contributed by atoms with Crippen LogP contribution in [0.25, 0.3) is 0 Å². The third-order valence-electron chi connectivity index (χ3n) is 6.11. The van der Waals surface area contributed by atoms with Crippen molar-refractivity contribution < 1.29 is 4.52 Å². The van der Waals surface area contributed by atoms with Crippen molar-refractivity contribution in [2.45, 2.75) is 58.3 Å². The molecular weight excluding hydrogens is 236 g/mol. The van der Waals surface area contributed by atoms with E-state index in [0.717, 1.165) is 35.4 Å². The van der Waals surface area contributed by atoms with Crippen LogP contribution in [0.15, 0.2) is 4.52 Å². The molecule has 2 N–H and O–H groups in total. The van der Waals surface area contributed by atoms with E-state index in [1.54, 1.807) is 0 Å². The topological polar surface area (TPSA) is 52.0 Å². The molecule has 4 bridgehead atoms. The van der Waals surface area contributed by atoms with E-state index in [0.29, 0.717) is 11.3 Å². The van der Waals surface area contributed by atoms with E-state index in [9.17, 15) is 0 Å². The first-order valence-corrected chi connectivity index (χ1v) is 7.84. The number of nitrogens with zero attached hydrogens (tertiary/aromatic N) is 1. The molecule has 0 amide bonds. The predicted octanol–water partition coefficient (Wildman–Crippen LogP) is 3.71. The lowest BCUT2D eigenvalue weighted by Crippen LogP contribution is -2.46. The molecule has 0 radical (unpaired) electrons. The molecule has 4 aliphatic carbocycles. The number of hydrogen-bond donors (Lipinski definition) is 1. The van der Waals surface area contributed by atoms with Gasteiger partial charge in [0.2, 0.25) is 5.88 Å². The van der Waals surface area contributed by atoms with Crippen LogP contribution in [0.2, 0.25) is 0 Å². The Kier molecular flexibility index (Phi) is 2.49. The van der Waals surface area contributed by atoms with Gasteiger partial charge in [0.15, 0.2) is 0 Å². The summed E-state index contributed by atoms with van der Waals surface area (Å²) in [4.78, 5) is 0. The average Bonchev–Trinajstić information content (AvgIpc) is 2.66. The number of aryl methyl sites for hydroxylation is 1. The molecule has 0 aliphatic heterocycles. The molecule has 0 unspecified atom stereocenters. The highest BCUT2D eigenvalue weighted by Crippen LogP contribution is 2.61. The van der Waals surface area contributed by atoms with Crippen LogP contribution >= 0.6 is 0 Å². The number of nitrogens with two attached hydrogens (primary N) is 1. The van der Waals surface area contributed by atoms with Crippen molar-refractivity contribution in [1.29, 1.82) is 0 Å². The molecule has 1 aromatic rings. The number of rotatable bonds is 3. The van der Waals surface area contributed by atoms with E-state index in [2.05, 4.69) is 5.16 Å². The minimum atomic E-state index is 0.500. The van der Waals surface area contributed by atoms with E-state index < -0.39 is 0 Å². The zero-order valence-electron chi connectivity index (χ0n) is 11.8. The van der Waals surface area contributed by atoms with Crippen LogP contribution in [0.3, 0.4) is 0 Å². The molecule has 0 aromatic carbocycles. The fourth-order valence-electron chi connectivity index (χ4n) is 5.60. The van der Waals surface area contributed by atoms with Crippen LogP contribution in [0, 0.1) is 30.1 Å². The maximum atomic E-state index is 5.75. The van der Waals surface area contributed by atoms with Gasteiger partial charge in [0.25, 0.3) is 0 Å². The molecule has 3 heteroatoms. The Morgan fingerprint density at radius 2 is 1.74 bits per heavy atom. The Bertz CT molecular complexity index is 456. The van der Waals surface area contributed by atoms with Gasteiger partial charge in [-0.05, 0) is 81.5 Å². The minimum absolute atomic E-state index is 0.500. The summed E-state index contributed by atoms with van der Waals surface area (Å²) in [5, 5.41) is 4.13. The van der Waals surface area contributed by atoms with E-state index >= 15 is 0 Å². The zero-order valence-corrected chi connectivity index (χ0v) is 11.8. The standard InChI is InChI=1S/C16H24N2O/c1-10-14(18-19-15(10)17)2-3-16-7-11-4-12(8-16)6-13(5-11)9-16/h11-13H,2-9,17H2,1H3. The van der Waals surface area contributed by atoms with Crippen LogP contribution in [0.4, 0.5) is 5.88 Å². The predicted molar refractivity (Wildman–Crippen MR) is 74.6 cm³/mol. The van der Waals surface area contributed by atoms with Crippen molar-refractivity contribution >= 4 is 5.88 Å². The van der Waals surface area contributed by atoms with Crippen molar-refractivity contribution in [2.24, 2.45) is 23.2 Å². The third kappa shape index (κ3) is 1.89. The largest absolute Gasteiger partial charge is 0.367 e. The molecule has 0 saturated heterocycles. The molecule has 0 spiro atoms. The highest BCUT2D eigenvalue weighted by Gasteiger charge is 2.50.